The number of hydrogen-bond acceptors (Lipinski definition) is 2. The van der Waals surface area contributed by atoms with Crippen LogP contribution in [0.25, 0.3) is 0 Å². The highest BCUT2D eigenvalue weighted by Gasteiger charge is 2.50. The quantitative estimate of drug-likeness (QED) is 0.842. The van der Waals surface area contributed by atoms with E-state index in [1.165, 1.54) is 0 Å². The fourth-order valence-electron chi connectivity index (χ4n) is 3.63. The third-order valence-corrected chi connectivity index (χ3v) is 5.20. The molecule has 4 nitrogen and oxygen atoms in total. The number of fused-ring (bicyclic) bond motifs is 1. The first-order chi connectivity index (χ1) is 12.0. The zero-order valence-electron chi connectivity index (χ0n) is 15.0. The molecule has 0 bridgehead atoms. The molecule has 2 amide bonds. The molecule has 25 heavy (non-hydrogen) atoms. The molecule has 0 fully saturated rings. The summed E-state index contributed by atoms with van der Waals surface area (Å²) in [5, 5.41) is 0. The Morgan fingerprint density at radius 1 is 1.08 bits per heavy atom. The lowest BCUT2D eigenvalue weighted by atomic mass is 9.73. The molecule has 1 heterocycles. The Labute approximate surface area is 149 Å². The molecule has 2 aromatic carbocycles. The molecule has 1 aliphatic rings. The van der Waals surface area contributed by atoms with E-state index in [1.54, 1.807) is 23.9 Å². The Morgan fingerprint density at radius 2 is 1.72 bits per heavy atom. The maximum absolute atomic E-state index is 13.3. The summed E-state index contributed by atoms with van der Waals surface area (Å²) in [7, 11) is 3.58. The van der Waals surface area contributed by atoms with Gasteiger partial charge in [-0.1, -0.05) is 48.5 Å². The van der Waals surface area contributed by atoms with E-state index in [4.69, 9.17) is 0 Å². The average Bonchev–Trinajstić information content (AvgIpc) is 2.84. The summed E-state index contributed by atoms with van der Waals surface area (Å²) in [6.07, 6.45) is 0.712. The van der Waals surface area contributed by atoms with Gasteiger partial charge >= 0.3 is 0 Å². The van der Waals surface area contributed by atoms with Gasteiger partial charge in [-0.15, -0.1) is 0 Å². The fraction of sp³-hybridized carbons (Fsp3) is 0.333. The van der Waals surface area contributed by atoms with E-state index in [0.717, 1.165) is 16.8 Å². The first-order valence-corrected chi connectivity index (χ1v) is 8.65. The van der Waals surface area contributed by atoms with Crippen LogP contribution in [0.15, 0.2) is 54.6 Å². The normalized spacial score (nSPS) is 19.0. The van der Waals surface area contributed by atoms with Crippen LogP contribution in [0.5, 0.6) is 0 Å². The summed E-state index contributed by atoms with van der Waals surface area (Å²) in [5.74, 6) is -0.00714. The fourth-order valence-corrected chi connectivity index (χ4v) is 3.63. The first-order valence-electron chi connectivity index (χ1n) is 8.65. The molecule has 0 saturated heterocycles. The van der Waals surface area contributed by atoms with Crippen molar-refractivity contribution < 1.29 is 9.59 Å². The molecule has 2 aromatic rings. The minimum atomic E-state index is -0.840. The van der Waals surface area contributed by atoms with Crippen LogP contribution in [0.1, 0.15) is 24.5 Å². The smallest absolute Gasteiger partial charge is 0.238 e. The van der Waals surface area contributed by atoms with E-state index in [9.17, 15) is 9.59 Å². The molecule has 0 N–H and O–H groups in total. The standard InChI is InChI=1S/C21H24N2O2/c1-4-22(2)19(24)15-21(14-16-10-6-5-7-11-16)17-12-8-9-13-18(17)23(3)20(21)25/h5-13H,4,14-15H2,1-3H3/t21-/m0/s1. The number of benzene rings is 2. The maximum Gasteiger partial charge on any atom is 0.238 e. The molecule has 1 aliphatic heterocycles. The molecule has 130 valence electrons. The number of para-hydroxylation sites is 1. The number of nitrogens with zero attached hydrogens (tertiary/aromatic N) is 2. The highest BCUT2D eigenvalue weighted by molar-refractivity contribution is 6.09. The molecule has 0 radical (unpaired) electrons. The number of carbonyl (C=O) groups is 2. The Kier molecular flexibility index (Phi) is 4.62. The molecule has 1 atom stereocenters. The van der Waals surface area contributed by atoms with Gasteiger partial charge in [0.25, 0.3) is 0 Å². The van der Waals surface area contributed by atoms with Gasteiger partial charge in [-0.05, 0) is 30.5 Å². The molecular weight excluding hydrogens is 312 g/mol. The Bertz CT molecular complexity index is 787. The molecule has 3 rings (SSSR count). The van der Waals surface area contributed by atoms with Crippen LogP contribution < -0.4 is 4.90 Å². The van der Waals surface area contributed by atoms with Gasteiger partial charge in [0.15, 0.2) is 0 Å². The van der Waals surface area contributed by atoms with Crippen molar-refractivity contribution in [3.63, 3.8) is 0 Å². The number of rotatable bonds is 5. The molecular formula is C21H24N2O2. The monoisotopic (exact) mass is 336 g/mol. The van der Waals surface area contributed by atoms with E-state index >= 15 is 0 Å². The zero-order chi connectivity index (χ0) is 18.0. The highest BCUT2D eigenvalue weighted by atomic mass is 16.2. The first kappa shape index (κ1) is 17.2. The summed E-state index contributed by atoms with van der Waals surface area (Å²) >= 11 is 0. The van der Waals surface area contributed by atoms with E-state index in [2.05, 4.69) is 0 Å². The summed E-state index contributed by atoms with van der Waals surface area (Å²) in [4.78, 5) is 29.4. The van der Waals surface area contributed by atoms with Gasteiger partial charge in [-0.3, -0.25) is 9.59 Å². The van der Waals surface area contributed by atoms with E-state index in [1.807, 2.05) is 61.5 Å². The lowest BCUT2D eigenvalue weighted by Crippen LogP contribution is -2.44. The van der Waals surface area contributed by atoms with Gasteiger partial charge in [0, 0.05) is 32.7 Å². The minimum Gasteiger partial charge on any atom is -0.346 e. The van der Waals surface area contributed by atoms with Crippen LogP contribution in [0.3, 0.4) is 0 Å². The summed E-state index contributed by atoms with van der Waals surface area (Å²) in [6.45, 7) is 2.57. The van der Waals surface area contributed by atoms with Crippen molar-refractivity contribution >= 4 is 17.5 Å². The molecule has 4 heteroatoms. The van der Waals surface area contributed by atoms with Crippen LogP contribution in [0, 0.1) is 0 Å². The van der Waals surface area contributed by atoms with Crippen molar-refractivity contribution in [3.8, 4) is 0 Å². The van der Waals surface area contributed by atoms with Crippen molar-refractivity contribution in [2.45, 2.75) is 25.2 Å². The third kappa shape index (κ3) is 2.93. The van der Waals surface area contributed by atoms with E-state index < -0.39 is 5.41 Å². The lowest BCUT2D eigenvalue weighted by Gasteiger charge is -2.30. The number of amides is 2. The Morgan fingerprint density at radius 3 is 2.40 bits per heavy atom. The SMILES string of the molecule is CCN(C)C(=O)C[C@]1(Cc2ccccc2)C(=O)N(C)c2ccccc21. The summed E-state index contributed by atoms with van der Waals surface area (Å²) < 4.78 is 0. The minimum absolute atomic E-state index is 0.00289. The topological polar surface area (TPSA) is 40.6 Å². The van der Waals surface area contributed by atoms with Crippen molar-refractivity contribution in [2.24, 2.45) is 0 Å². The van der Waals surface area contributed by atoms with Crippen LogP contribution in [0.2, 0.25) is 0 Å². The van der Waals surface area contributed by atoms with Gasteiger partial charge in [0.05, 0.1) is 5.41 Å². The second-order valence-corrected chi connectivity index (χ2v) is 6.71. The largest absolute Gasteiger partial charge is 0.346 e. The average molecular weight is 336 g/mol. The lowest BCUT2D eigenvalue weighted by molar-refractivity contribution is -0.135. The molecule has 0 spiro atoms. The molecule has 0 aliphatic carbocycles. The third-order valence-electron chi connectivity index (χ3n) is 5.20. The number of likely N-dealkylation sites (N-methyl/N-ethyl adjacent to an activating group) is 1. The molecule has 0 unspecified atom stereocenters. The van der Waals surface area contributed by atoms with Crippen LogP contribution in [-0.2, 0) is 21.4 Å². The summed E-state index contributed by atoms with van der Waals surface area (Å²) in [5.41, 5.74) is 2.07. The predicted octanol–water partition coefficient (Wildman–Crippen LogP) is 3.01. The van der Waals surface area contributed by atoms with Gasteiger partial charge in [0.2, 0.25) is 11.8 Å². The number of hydrogen-bond donors (Lipinski definition) is 0. The Balaban J connectivity index is 2.09. The molecule has 0 aromatic heterocycles. The predicted molar refractivity (Wildman–Crippen MR) is 99.6 cm³/mol. The number of anilines is 1. The van der Waals surface area contributed by atoms with Gasteiger partial charge in [0.1, 0.15) is 0 Å². The zero-order valence-corrected chi connectivity index (χ0v) is 15.0. The Hall–Kier alpha value is -2.62. The van der Waals surface area contributed by atoms with E-state index in [-0.39, 0.29) is 18.2 Å². The van der Waals surface area contributed by atoms with Gasteiger partial charge in [-0.2, -0.15) is 0 Å². The van der Waals surface area contributed by atoms with Crippen LogP contribution in [0.4, 0.5) is 5.69 Å². The van der Waals surface area contributed by atoms with Gasteiger partial charge in [-0.25, -0.2) is 0 Å². The number of carbonyl (C=O) groups excluding carboxylic acids is 2. The van der Waals surface area contributed by atoms with Crippen LogP contribution in [-0.4, -0.2) is 37.4 Å². The summed E-state index contributed by atoms with van der Waals surface area (Å²) in [6, 6.07) is 17.7. The van der Waals surface area contributed by atoms with E-state index in [0.29, 0.717) is 13.0 Å². The van der Waals surface area contributed by atoms with Crippen LogP contribution >= 0.6 is 0 Å². The van der Waals surface area contributed by atoms with Crippen molar-refractivity contribution in [2.75, 3.05) is 25.5 Å². The highest BCUT2D eigenvalue weighted by Crippen LogP contribution is 2.45. The van der Waals surface area contributed by atoms with Gasteiger partial charge < -0.3 is 9.80 Å². The van der Waals surface area contributed by atoms with Crippen molar-refractivity contribution in [1.29, 1.82) is 0 Å². The second kappa shape index (κ2) is 6.71. The van der Waals surface area contributed by atoms with Crippen molar-refractivity contribution in [1.82, 2.24) is 4.90 Å². The molecule has 0 saturated carbocycles. The second-order valence-electron chi connectivity index (χ2n) is 6.71. The maximum atomic E-state index is 13.3. The van der Waals surface area contributed by atoms with Crippen molar-refractivity contribution in [3.05, 3.63) is 65.7 Å².